The first kappa shape index (κ1) is 12.4. The van der Waals surface area contributed by atoms with E-state index in [4.69, 9.17) is 9.84 Å². The maximum atomic E-state index is 11.1. The van der Waals surface area contributed by atoms with Crippen LogP contribution in [0.4, 0.5) is 0 Å². The number of carboxylic acid groups (broad SMARTS) is 1. The summed E-state index contributed by atoms with van der Waals surface area (Å²) in [4.78, 5) is 21.9. The van der Waals surface area contributed by atoms with Gasteiger partial charge in [-0.05, 0) is 18.6 Å². The number of aliphatic carboxylic acids is 1. The van der Waals surface area contributed by atoms with Crippen LogP contribution in [0.3, 0.4) is 0 Å². The third-order valence-corrected chi connectivity index (χ3v) is 2.43. The molecule has 5 heteroatoms. The summed E-state index contributed by atoms with van der Waals surface area (Å²) >= 11 is 0. The summed E-state index contributed by atoms with van der Waals surface area (Å²) in [6.07, 6.45) is 1.08. The number of carbonyl (C=O) groups excluding carboxylic acids is 1. The van der Waals surface area contributed by atoms with Crippen LogP contribution in [0.5, 0.6) is 0 Å². The SMILES string of the molecule is CCC(C(=O)O)n1c(C=O)ccc1COC. The topological polar surface area (TPSA) is 68.5 Å². The van der Waals surface area contributed by atoms with Crippen LogP contribution in [0.1, 0.15) is 35.6 Å². The molecule has 16 heavy (non-hydrogen) atoms. The van der Waals surface area contributed by atoms with Gasteiger partial charge in [-0.2, -0.15) is 0 Å². The van der Waals surface area contributed by atoms with Crippen molar-refractivity contribution in [1.29, 1.82) is 0 Å². The van der Waals surface area contributed by atoms with Crippen LogP contribution >= 0.6 is 0 Å². The highest BCUT2D eigenvalue weighted by atomic mass is 16.5. The molecule has 0 amide bonds. The molecule has 1 N–H and O–H groups in total. The van der Waals surface area contributed by atoms with Crippen LogP contribution in [-0.4, -0.2) is 29.0 Å². The first-order chi connectivity index (χ1) is 7.65. The number of aldehydes is 1. The van der Waals surface area contributed by atoms with Crippen molar-refractivity contribution in [1.82, 2.24) is 4.57 Å². The van der Waals surface area contributed by atoms with E-state index in [0.717, 1.165) is 0 Å². The number of methoxy groups -OCH3 is 1. The molecule has 0 fully saturated rings. The van der Waals surface area contributed by atoms with Crippen molar-refractivity contribution in [2.45, 2.75) is 26.0 Å². The number of nitrogens with zero attached hydrogens (tertiary/aromatic N) is 1. The Morgan fingerprint density at radius 1 is 1.62 bits per heavy atom. The fourth-order valence-corrected chi connectivity index (χ4v) is 1.72. The van der Waals surface area contributed by atoms with Gasteiger partial charge in [-0.15, -0.1) is 0 Å². The standard InChI is InChI=1S/C11H15NO4/c1-3-10(11(14)15)12-8(6-13)4-5-9(12)7-16-2/h4-6,10H,3,7H2,1-2H3,(H,14,15). The van der Waals surface area contributed by atoms with Gasteiger partial charge in [0.2, 0.25) is 0 Å². The molecule has 1 aromatic rings. The lowest BCUT2D eigenvalue weighted by molar-refractivity contribution is -0.141. The number of carbonyl (C=O) groups is 2. The molecule has 0 saturated carbocycles. The number of rotatable bonds is 6. The molecule has 5 nitrogen and oxygen atoms in total. The Morgan fingerprint density at radius 3 is 2.75 bits per heavy atom. The molecule has 0 aliphatic heterocycles. The maximum Gasteiger partial charge on any atom is 0.326 e. The molecule has 0 radical (unpaired) electrons. The zero-order valence-corrected chi connectivity index (χ0v) is 9.34. The average molecular weight is 225 g/mol. The molecule has 88 valence electrons. The maximum absolute atomic E-state index is 11.1. The van der Waals surface area contributed by atoms with Gasteiger partial charge in [0.05, 0.1) is 12.3 Å². The molecule has 0 aliphatic rings. The molecule has 0 saturated heterocycles. The molecular formula is C11H15NO4. The second-order valence-corrected chi connectivity index (χ2v) is 3.43. The van der Waals surface area contributed by atoms with Crippen molar-refractivity contribution in [2.24, 2.45) is 0 Å². The summed E-state index contributed by atoms with van der Waals surface area (Å²) in [7, 11) is 1.53. The van der Waals surface area contributed by atoms with Crippen molar-refractivity contribution in [3.63, 3.8) is 0 Å². The molecule has 1 heterocycles. The first-order valence-electron chi connectivity index (χ1n) is 5.02. The summed E-state index contributed by atoms with van der Waals surface area (Å²) < 4.78 is 6.48. The van der Waals surface area contributed by atoms with Crippen molar-refractivity contribution >= 4 is 12.3 Å². The Morgan fingerprint density at radius 2 is 2.31 bits per heavy atom. The van der Waals surface area contributed by atoms with Gasteiger partial charge in [-0.3, -0.25) is 4.79 Å². The van der Waals surface area contributed by atoms with E-state index in [0.29, 0.717) is 24.1 Å². The van der Waals surface area contributed by atoms with Crippen LogP contribution < -0.4 is 0 Å². The largest absolute Gasteiger partial charge is 0.480 e. The minimum Gasteiger partial charge on any atom is -0.480 e. The van der Waals surface area contributed by atoms with Gasteiger partial charge in [0.1, 0.15) is 6.04 Å². The average Bonchev–Trinajstić information content (AvgIpc) is 2.63. The molecule has 0 aliphatic carbocycles. The highest BCUT2D eigenvalue weighted by molar-refractivity contribution is 5.77. The van der Waals surface area contributed by atoms with Crippen molar-refractivity contribution in [2.75, 3.05) is 7.11 Å². The molecule has 1 aromatic heterocycles. The summed E-state index contributed by atoms with van der Waals surface area (Å²) in [5, 5.41) is 9.08. The molecule has 1 atom stereocenters. The summed E-state index contributed by atoms with van der Waals surface area (Å²) in [6.45, 7) is 2.06. The van der Waals surface area contributed by atoms with E-state index in [-0.39, 0.29) is 6.61 Å². The summed E-state index contributed by atoms with van der Waals surface area (Å²) in [5.41, 5.74) is 1.06. The Labute approximate surface area is 93.6 Å². The van der Waals surface area contributed by atoms with Crippen molar-refractivity contribution in [3.8, 4) is 0 Å². The second kappa shape index (κ2) is 5.46. The molecular weight excluding hydrogens is 210 g/mol. The van der Waals surface area contributed by atoms with Crippen molar-refractivity contribution in [3.05, 3.63) is 23.5 Å². The first-order valence-corrected chi connectivity index (χ1v) is 5.02. The number of hydrogen-bond donors (Lipinski definition) is 1. The van der Waals surface area contributed by atoms with Crippen LogP contribution in [-0.2, 0) is 16.1 Å². The Hall–Kier alpha value is -1.62. The third kappa shape index (κ3) is 2.30. The Balaban J connectivity index is 3.19. The molecule has 0 bridgehead atoms. The van der Waals surface area contributed by atoms with Gasteiger partial charge < -0.3 is 14.4 Å². The van der Waals surface area contributed by atoms with E-state index < -0.39 is 12.0 Å². The molecule has 1 unspecified atom stereocenters. The van der Waals surface area contributed by atoms with Crippen LogP contribution in [0.25, 0.3) is 0 Å². The predicted molar refractivity (Wildman–Crippen MR) is 57.5 cm³/mol. The second-order valence-electron chi connectivity index (χ2n) is 3.43. The normalized spacial score (nSPS) is 12.4. The van der Waals surface area contributed by atoms with Crippen LogP contribution in [0.2, 0.25) is 0 Å². The lowest BCUT2D eigenvalue weighted by atomic mass is 10.2. The van der Waals surface area contributed by atoms with Crippen LogP contribution in [0.15, 0.2) is 12.1 Å². The highest BCUT2D eigenvalue weighted by Crippen LogP contribution is 2.19. The number of aromatic nitrogens is 1. The quantitative estimate of drug-likeness (QED) is 0.744. The Kier molecular flexibility index (Phi) is 4.25. The van der Waals surface area contributed by atoms with Gasteiger partial charge in [0, 0.05) is 12.8 Å². The summed E-state index contributed by atoms with van der Waals surface area (Å²) in [6, 6.07) is 2.59. The van der Waals surface area contributed by atoms with E-state index in [1.807, 2.05) is 0 Å². The summed E-state index contributed by atoms with van der Waals surface area (Å²) in [5.74, 6) is -0.945. The van der Waals surface area contributed by atoms with E-state index in [1.165, 1.54) is 11.7 Å². The number of hydrogen-bond acceptors (Lipinski definition) is 3. The van der Waals surface area contributed by atoms with E-state index in [1.54, 1.807) is 19.1 Å². The van der Waals surface area contributed by atoms with Gasteiger partial charge in [-0.25, -0.2) is 4.79 Å². The van der Waals surface area contributed by atoms with E-state index >= 15 is 0 Å². The monoisotopic (exact) mass is 225 g/mol. The van der Waals surface area contributed by atoms with Gasteiger partial charge >= 0.3 is 5.97 Å². The zero-order valence-electron chi connectivity index (χ0n) is 9.34. The fourth-order valence-electron chi connectivity index (χ4n) is 1.72. The van der Waals surface area contributed by atoms with Gasteiger partial charge in [0.15, 0.2) is 6.29 Å². The van der Waals surface area contributed by atoms with E-state index in [2.05, 4.69) is 0 Å². The predicted octanol–water partition coefficient (Wildman–Crippen LogP) is 1.48. The molecule has 0 spiro atoms. The van der Waals surface area contributed by atoms with Crippen LogP contribution in [0, 0.1) is 0 Å². The lowest BCUT2D eigenvalue weighted by Crippen LogP contribution is -2.22. The number of ether oxygens (including phenoxy) is 1. The fraction of sp³-hybridized carbons (Fsp3) is 0.455. The Bertz CT molecular complexity index is 383. The minimum absolute atomic E-state index is 0.289. The molecule has 1 rings (SSSR count). The van der Waals surface area contributed by atoms with Crippen molar-refractivity contribution < 1.29 is 19.4 Å². The highest BCUT2D eigenvalue weighted by Gasteiger charge is 2.22. The van der Waals surface area contributed by atoms with Gasteiger partial charge in [-0.1, -0.05) is 6.92 Å². The van der Waals surface area contributed by atoms with Gasteiger partial charge in [0.25, 0.3) is 0 Å². The minimum atomic E-state index is -0.945. The van der Waals surface area contributed by atoms with E-state index in [9.17, 15) is 9.59 Å². The number of carboxylic acids is 1. The lowest BCUT2D eigenvalue weighted by Gasteiger charge is -2.17. The zero-order chi connectivity index (χ0) is 12.1. The molecule has 0 aromatic carbocycles. The third-order valence-electron chi connectivity index (χ3n) is 2.43. The smallest absolute Gasteiger partial charge is 0.326 e.